The maximum absolute atomic E-state index is 3.57. The summed E-state index contributed by atoms with van der Waals surface area (Å²) in [7, 11) is 0. The molecule has 0 fully saturated rings. The fraction of sp³-hybridized carbons (Fsp3) is 1.00. The molecule has 0 amide bonds. The van der Waals surface area contributed by atoms with Crippen LogP contribution in [0, 0.1) is 5.92 Å². The Morgan fingerprint density at radius 2 is 1.58 bits per heavy atom. The topological polar surface area (TPSA) is 12.0 Å². The van der Waals surface area contributed by atoms with E-state index in [0.717, 1.165) is 5.92 Å². The van der Waals surface area contributed by atoms with E-state index in [9.17, 15) is 0 Å². The zero-order valence-corrected chi connectivity index (χ0v) is 9.19. The molecule has 0 rings (SSSR count). The predicted molar refractivity (Wildman–Crippen MR) is 56.4 cm³/mol. The Morgan fingerprint density at radius 1 is 1.00 bits per heavy atom. The van der Waals surface area contributed by atoms with E-state index in [1.165, 1.54) is 32.2 Å². The lowest BCUT2D eigenvalue weighted by Gasteiger charge is -2.16. The van der Waals surface area contributed by atoms with E-state index in [1.807, 2.05) is 0 Å². The van der Waals surface area contributed by atoms with Crippen LogP contribution in [0.5, 0.6) is 0 Å². The van der Waals surface area contributed by atoms with Gasteiger partial charge in [-0.3, -0.25) is 0 Å². The average Bonchev–Trinajstić information content (AvgIpc) is 2.02. The fourth-order valence-electron chi connectivity index (χ4n) is 1.53. The van der Waals surface area contributed by atoms with Gasteiger partial charge >= 0.3 is 0 Å². The Labute approximate surface area is 77.9 Å². The van der Waals surface area contributed by atoms with Crippen molar-refractivity contribution >= 4 is 0 Å². The van der Waals surface area contributed by atoms with Crippen molar-refractivity contribution in [2.24, 2.45) is 5.92 Å². The summed E-state index contributed by atoms with van der Waals surface area (Å²) in [5.41, 5.74) is 0. The van der Waals surface area contributed by atoms with Gasteiger partial charge in [0.2, 0.25) is 0 Å². The molecule has 12 heavy (non-hydrogen) atoms. The normalized spacial score (nSPS) is 16.0. The summed E-state index contributed by atoms with van der Waals surface area (Å²) in [6, 6.07) is 0.703. The minimum absolute atomic E-state index is 0.703. The highest BCUT2D eigenvalue weighted by molar-refractivity contribution is 4.62. The van der Waals surface area contributed by atoms with Gasteiger partial charge in [0.15, 0.2) is 0 Å². The van der Waals surface area contributed by atoms with Gasteiger partial charge in [-0.25, -0.2) is 0 Å². The van der Waals surface area contributed by atoms with Crippen LogP contribution >= 0.6 is 0 Å². The van der Waals surface area contributed by atoms with E-state index in [0.29, 0.717) is 6.04 Å². The second-order valence-corrected chi connectivity index (χ2v) is 3.99. The van der Waals surface area contributed by atoms with Crippen LogP contribution in [0.4, 0.5) is 0 Å². The lowest BCUT2D eigenvalue weighted by Crippen LogP contribution is -2.30. The van der Waals surface area contributed by atoms with Gasteiger partial charge in [0.05, 0.1) is 0 Å². The summed E-state index contributed by atoms with van der Waals surface area (Å²) < 4.78 is 0. The third kappa shape index (κ3) is 6.66. The van der Waals surface area contributed by atoms with Gasteiger partial charge in [-0.05, 0) is 32.2 Å². The van der Waals surface area contributed by atoms with Crippen LogP contribution in [0.3, 0.4) is 0 Å². The van der Waals surface area contributed by atoms with Crippen molar-refractivity contribution in [3.05, 3.63) is 0 Å². The minimum Gasteiger partial charge on any atom is -0.314 e. The highest BCUT2D eigenvalue weighted by Crippen LogP contribution is 2.04. The summed E-state index contributed by atoms with van der Waals surface area (Å²) >= 11 is 0. The molecule has 1 heteroatoms. The number of rotatable bonds is 7. The Kier molecular flexibility index (Phi) is 7.58. The Morgan fingerprint density at radius 3 is 2.08 bits per heavy atom. The lowest BCUT2D eigenvalue weighted by molar-refractivity contribution is 0.424. The first-order valence-electron chi connectivity index (χ1n) is 5.44. The van der Waals surface area contributed by atoms with Crippen molar-refractivity contribution in [3.8, 4) is 0 Å². The molecule has 2 unspecified atom stereocenters. The summed E-state index contributed by atoms with van der Waals surface area (Å²) in [4.78, 5) is 0. The molecule has 0 aromatic heterocycles. The van der Waals surface area contributed by atoms with Crippen LogP contribution in [-0.4, -0.2) is 12.6 Å². The summed E-state index contributed by atoms with van der Waals surface area (Å²) in [5.74, 6) is 0.842. The van der Waals surface area contributed by atoms with Gasteiger partial charge in [-0.2, -0.15) is 0 Å². The standard InChI is InChI=1S/C11H25N/c1-5-7-10(3)9-12-11(4)8-6-2/h10-12H,5-9H2,1-4H3. The van der Waals surface area contributed by atoms with Crippen molar-refractivity contribution in [1.29, 1.82) is 0 Å². The quantitative estimate of drug-likeness (QED) is 0.620. The highest BCUT2D eigenvalue weighted by atomic mass is 14.9. The largest absolute Gasteiger partial charge is 0.314 e. The third-order valence-corrected chi connectivity index (χ3v) is 2.32. The zero-order valence-electron chi connectivity index (χ0n) is 9.19. The molecule has 0 aromatic carbocycles. The molecule has 0 bridgehead atoms. The number of hydrogen-bond acceptors (Lipinski definition) is 1. The summed E-state index contributed by atoms with van der Waals surface area (Å²) in [6.45, 7) is 10.3. The molecule has 2 atom stereocenters. The molecule has 0 spiro atoms. The van der Waals surface area contributed by atoms with E-state index >= 15 is 0 Å². The molecular formula is C11H25N. The van der Waals surface area contributed by atoms with Crippen molar-refractivity contribution in [1.82, 2.24) is 5.32 Å². The molecule has 1 N–H and O–H groups in total. The summed E-state index contributed by atoms with van der Waals surface area (Å²) in [5, 5.41) is 3.57. The van der Waals surface area contributed by atoms with Gasteiger partial charge in [-0.1, -0.05) is 33.6 Å². The molecule has 0 radical (unpaired) electrons. The second-order valence-electron chi connectivity index (χ2n) is 3.99. The first-order valence-corrected chi connectivity index (χ1v) is 5.44. The maximum Gasteiger partial charge on any atom is 0.00387 e. The monoisotopic (exact) mass is 171 g/mol. The van der Waals surface area contributed by atoms with E-state index in [2.05, 4.69) is 33.0 Å². The number of nitrogens with one attached hydrogen (secondary N) is 1. The van der Waals surface area contributed by atoms with Crippen LogP contribution in [0.1, 0.15) is 53.4 Å². The van der Waals surface area contributed by atoms with Gasteiger partial charge < -0.3 is 5.32 Å². The Bertz CT molecular complexity index is 79.0. The maximum atomic E-state index is 3.57. The second kappa shape index (κ2) is 7.60. The molecule has 0 aliphatic rings. The van der Waals surface area contributed by atoms with Crippen molar-refractivity contribution in [3.63, 3.8) is 0 Å². The van der Waals surface area contributed by atoms with E-state index in [4.69, 9.17) is 0 Å². The fourth-order valence-corrected chi connectivity index (χ4v) is 1.53. The van der Waals surface area contributed by atoms with E-state index in [-0.39, 0.29) is 0 Å². The van der Waals surface area contributed by atoms with Crippen LogP contribution in [0.25, 0.3) is 0 Å². The molecule has 0 aliphatic heterocycles. The first-order chi connectivity index (χ1) is 5.70. The van der Waals surface area contributed by atoms with Crippen LogP contribution in [0.15, 0.2) is 0 Å². The van der Waals surface area contributed by atoms with E-state index < -0.39 is 0 Å². The lowest BCUT2D eigenvalue weighted by atomic mass is 10.1. The highest BCUT2D eigenvalue weighted by Gasteiger charge is 2.03. The SMILES string of the molecule is CCCC(C)CNC(C)CCC. The third-order valence-electron chi connectivity index (χ3n) is 2.32. The molecule has 74 valence electrons. The average molecular weight is 171 g/mol. The van der Waals surface area contributed by atoms with Gasteiger partial charge in [0.25, 0.3) is 0 Å². The van der Waals surface area contributed by atoms with Gasteiger partial charge in [0, 0.05) is 6.04 Å². The first kappa shape index (κ1) is 12.0. The van der Waals surface area contributed by atoms with Gasteiger partial charge in [-0.15, -0.1) is 0 Å². The number of hydrogen-bond donors (Lipinski definition) is 1. The molecule has 0 aromatic rings. The van der Waals surface area contributed by atoms with Crippen LogP contribution < -0.4 is 5.32 Å². The molecule has 0 saturated heterocycles. The molecule has 0 heterocycles. The van der Waals surface area contributed by atoms with Crippen molar-refractivity contribution < 1.29 is 0 Å². The van der Waals surface area contributed by atoms with Crippen molar-refractivity contribution in [2.45, 2.75) is 59.4 Å². The zero-order chi connectivity index (χ0) is 9.40. The molecular weight excluding hydrogens is 146 g/mol. The molecule has 0 saturated carbocycles. The Hall–Kier alpha value is -0.0400. The smallest absolute Gasteiger partial charge is 0.00387 e. The van der Waals surface area contributed by atoms with Crippen LogP contribution in [-0.2, 0) is 0 Å². The Balaban J connectivity index is 3.27. The summed E-state index contributed by atoms with van der Waals surface area (Å²) in [6.07, 6.45) is 5.26. The molecule has 0 aliphatic carbocycles. The van der Waals surface area contributed by atoms with Crippen molar-refractivity contribution in [2.75, 3.05) is 6.54 Å². The van der Waals surface area contributed by atoms with Crippen LogP contribution in [0.2, 0.25) is 0 Å². The predicted octanol–water partition coefficient (Wildman–Crippen LogP) is 3.20. The molecule has 1 nitrogen and oxygen atoms in total. The van der Waals surface area contributed by atoms with E-state index in [1.54, 1.807) is 0 Å². The van der Waals surface area contributed by atoms with Gasteiger partial charge in [0.1, 0.15) is 0 Å². The minimum atomic E-state index is 0.703.